The Morgan fingerprint density at radius 3 is 0.615 bits per heavy atom. The van der Waals surface area contributed by atoms with E-state index >= 15 is 0 Å². The Morgan fingerprint density at radius 1 is 0.615 bits per heavy atom. The molecule has 13 heteroatoms. The molecule has 0 saturated carbocycles. The van der Waals surface area contributed by atoms with Gasteiger partial charge in [-0.3, -0.25) is 8.42 Å². The molecule has 0 aliphatic heterocycles. The van der Waals surface area contributed by atoms with E-state index in [0.29, 0.717) is 0 Å². The summed E-state index contributed by atoms with van der Waals surface area (Å²) in [6.07, 6.45) is 0. The van der Waals surface area contributed by atoms with Crippen molar-refractivity contribution in [1.82, 2.24) is 0 Å². The van der Waals surface area contributed by atoms with Crippen LogP contribution in [0.25, 0.3) is 0 Å². The third kappa shape index (κ3) is 2090. The summed E-state index contributed by atoms with van der Waals surface area (Å²) in [5, 5.41) is 0. The molecule has 0 aromatic heterocycles. The van der Waals surface area contributed by atoms with E-state index in [4.69, 9.17) is 17.5 Å². The van der Waals surface area contributed by atoms with Crippen molar-refractivity contribution in [3.05, 3.63) is 0 Å². The Kier molecular flexibility index (Phi) is 288. The van der Waals surface area contributed by atoms with E-state index in [-0.39, 0.29) is 76.1 Å². The molecule has 14 N–H and O–H groups in total. The van der Waals surface area contributed by atoms with E-state index in [1.54, 1.807) is 0 Å². The zero-order chi connectivity index (χ0) is 4.50. The fourth-order valence-electron chi connectivity index (χ4n) is 0. The summed E-state index contributed by atoms with van der Waals surface area (Å²) >= 11 is 0. The monoisotopic (exact) mass is 262 g/mol. The molecule has 13 heavy (non-hydrogen) atoms. The summed E-state index contributed by atoms with van der Waals surface area (Å²) in [7, 11) is -5.17. The normalized spacial score (nSPS) is 4.46. The first-order valence-corrected chi connectivity index (χ1v) is 2.00. The van der Waals surface area contributed by atoms with Crippen LogP contribution in [0.1, 0.15) is 0 Å². The van der Waals surface area contributed by atoms with Gasteiger partial charge in [0, 0.05) is 10.4 Å². The van der Waals surface area contributed by atoms with E-state index in [2.05, 4.69) is 0 Å². The minimum atomic E-state index is -5.17. The van der Waals surface area contributed by atoms with Gasteiger partial charge in [0.1, 0.15) is 0 Å². The first-order chi connectivity index (χ1) is 2.00. The maximum Gasteiger partial charge on any atom is 2.00 e. The third-order valence-corrected chi connectivity index (χ3v) is 0. The predicted octanol–water partition coefficient (Wildman–Crippen LogP) is -7.49. The zero-order valence-electron chi connectivity index (χ0n) is 6.25. The molecule has 0 fully saturated rings. The molecule has 0 unspecified atom stereocenters. The smallest absolute Gasteiger partial charge is 0.759 e. The van der Waals surface area contributed by atoms with Crippen LogP contribution in [0.5, 0.6) is 0 Å². The van der Waals surface area contributed by atoms with Gasteiger partial charge in [-0.15, -0.1) is 0 Å². The second kappa shape index (κ2) is 38.5. The molecule has 0 bridgehead atoms. The molecule has 0 aromatic carbocycles. The van der Waals surface area contributed by atoms with Crippen molar-refractivity contribution in [2.75, 3.05) is 0 Å². The zero-order valence-corrected chi connectivity index (χ0v) is 9.27. The minimum absolute atomic E-state index is 0. The van der Waals surface area contributed by atoms with Crippen molar-refractivity contribution < 1.29 is 55.9 Å². The molecule has 0 aliphatic rings. The summed E-state index contributed by atoms with van der Waals surface area (Å²) in [5.74, 6) is 0. The molecule has 0 aromatic rings. The van der Waals surface area contributed by atoms with Gasteiger partial charge in [-0.05, 0) is 0 Å². The number of rotatable bonds is 0. The van der Waals surface area contributed by atoms with Crippen molar-refractivity contribution in [2.24, 2.45) is 0 Å². The quantitative estimate of drug-likeness (QED) is 0.233. The van der Waals surface area contributed by atoms with E-state index in [1.807, 2.05) is 0 Å². The first kappa shape index (κ1) is 97.2. The Balaban J connectivity index is -0.00000000286. The Hall–Kier alpha value is 0.850. The van der Waals surface area contributed by atoms with E-state index in [1.165, 1.54) is 0 Å². The van der Waals surface area contributed by atoms with Crippen LogP contribution < -0.4 is 0 Å². The van der Waals surface area contributed by atoms with Gasteiger partial charge in [0.15, 0.2) is 0 Å². The molecule has 0 atom stereocenters. The van der Waals surface area contributed by atoms with Crippen LogP contribution >= 0.6 is 0 Å². The van der Waals surface area contributed by atoms with Gasteiger partial charge in [-0.1, -0.05) is 0 Å². The molecule has 88 valence electrons. The average molecular weight is 262 g/mol. The number of hydrogen-bond acceptors (Lipinski definition) is 4. The molecule has 0 aliphatic carbocycles. The van der Waals surface area contributed by atoms with Crippen molar-refractivity contribution in [3.8, 4) is 0 Å². The van der Waals surface area contributed by atoms with E-state index in [0.717, 1.165) is 0 Å². The largest absolute Gasteiger partial charge is 2.00 e. The van der Waals surface area contributed by atoms with Gasteiger partial charge >= 0.3 is 37.7 Å². The first-order valence-electron chi connectivity index (χ1n) is 0.667. The second-order valence-electron chi connectivity index (χ2n) is 0.408. The van der Waals surface area contributed by atoms with Crippen LogP contribution in [0, 0.1) is 0 Å². The van der Waals surface area contributed by atoms with Gasteiger partial charge in [-0.2, -0.15) is 0 Å². The van der Waals surface area contributed by atoms with E-state index < -0.39 is 10.4 Å². The maximum atomic E-state index is 8.52. The number of hydrogen-bond donors (Lipinski definition) is 0. The molecular formula is H14CaO11S. The van der Waals surface area contributed by atoms with Crippen molar-refractivity contribution in [3.63, 3.8) is 0 Å². The van der Waals surface area contributed by atoms with Gasteiger partial charge in [-0.25, -0.2) is 0 Å². The van der Waals surface area contributed by atoms with Crippen LogP contribution in [0.15, 0.2) is 0 Å². The fourth-order valence-corrected chi connectivity index (χ4v) is 0. The van der Waals surface area contributed by atoms with Crippen LogP contribution in [0.3, 0.4) is 0 Å². The summed E-state index contributed by atoms with van der Waals surface area (Å²) < 4.78 is 34.1. The molecule has 0 saturated heterocycles. The van der Waals surface area contributed by atoms with Crippen LogP contribution in [0.4, 0.5) is 0 Å². The summed E-state index contributed by atoms with van der Waals surface area (Å²) in [6.45, 7) is 0. The minimum Gasteiger partial charge on any atom is -0.759 e. The van der Waals surface area contributed by atoms with Crippen molar-refractivity contribution >= 4 is 48.1 Å². The average Bonchev–Trinajstić information content (AvgIpc) is 0.722. The van der Waals surface area contributed by atoms with E-state index in [9.17, 15) is 0 Å². The molecule has 0 radical (unpaired) electrons. The third-order valence-electron chi connectivity index (χ3n) is 0. The molecule has 0 rings (SSSR count). The summed E-state index contributed by atoms with van der Waals surface area (Å²) in [5.41, 5.74) is 0. The predicted molar refractivity (Wildman–Crippen MR) is 41.5 cm³/mol. The topological polar surface area (TPSA) is 301 Å². The Morgan fingerprint density at radius 2 is 0.615 bits per heavy atom. The van der Waals surface area contributed by atoms with Gasteiger partial charge in [0.2, 0.25) is 0 Å². The van der Waals surface area contributed by atoms with Crippen molar-refractivity contribution in [1.29, 1.82) is 0 Å². The summed E-state index contributed by atoms with van der Waals surface area (Å²) in [6, 6.07) is 0. The second-order valence-corrected chi connectivity index (χ2v) is 1.22. The van der Waals surface area contributed by atoms with Gasteiger partial charge < -0.3 is 47.4 Å². The standard InChI is InChI=1S/Ca.H2O4S.7H2O/c;1-5(2,3)4;;;;;;;/h;(H2,1,2,3,4);7*1H2/q+2;;;;;;;;/p-2. The Labute approximate surface area is 103 Å². The van der Waals surface area contributed by atoms with Crippen LogP contribution in [-0.4, -0.2) is 93.6 Å². The summed E-state index contributed by atoms with van der Waals surface area (Å²) in [4.78, 5) is 0. The van der Waals surface area contributed by atoms with Crippen molar-refractivity contribution in [2.45, 2.75) is 0 Å². The van der Waals surface area contributed by atoms with Gasteiger partial charge in [0.25, 0.3) is 0 Å². The molecule has 0 spiro atoms. The molecule has 11 nitrogen and oxygen atoms in total. The Bertz CT molecular complexity index is 93.3. The van der Waals surface area contributed by atoms with Crippen LogP contribution in [-0.2, 0) is 10.4 Å². The SMILES string of the molecule is O.O.O.O.O.O.O.O=S(=O)([O-])[O-].[Ca+2]. The molecule has 0 amide bonds. The molecule has 0 heterocycles. The maximum absolute atomic E-state index is 8.52. The van der Waals surface area contributed by atoms with Crippen LogP contribution in [0.2, 0.25) is 0 Å². The van der Waals surface area contributed by atoms with Gasteiger partial charge in [0.05, 0.1) is 0 Å². The molecular weight excluding hydrogens is 248 g/mol. The fraction of sp³-hybridized carbons (Fsp3) is 0.